The summed E-state index contributed by atoms with van der Waals surface area (Å²) in [5.74, 6) is 0. The van der Waals surface area contributed by atoms with E-state index >= 15 is 0 Å². The molecule has 0 unspecified atom stereocenters. The van der Waals surface area contributed by atoms with Crippen LogP contribution in [0.3, 0.4) is 0 Å². The lowest BCUT2D eigenvalue weighted by Crippen LogP contribution is -2.31. The summed E-state index contributed by atoms with van der Waals surface area (Å²) in [6.07, 6.45) is 1.22. The number of hydrogen-bond donors (Lipinski definition) is 1. The van der Waals surface area contributed by atoms with Gasteiger partial charge in [0.05, 0.1) is 0 Å². The van der Waals surface area contributed by atoms with E-state index in [1.54, 1.807) is 6.08 Å². The van der Waals surface area contributed by atoms with Crippen LogP contribution in [0, 0.1) is 0 Å². The molecule has 1 atom stereocenters. The summed E-state index contributed by atoms with van der Waals surface area (Å²) in [5, 5.41) is 2.62. The van der Waals surface area contributed by atoms with Crippen LogP contribution in [0.4, 0.5) is 4.79 Å². The van der Waals surface area contributed by atoms with Gasteiger partial charge in [-0.1, -0.05) is 36.4 Å². The smallest absolute Gasteiger partial charge is 0.407 e. The highest BCUT2D eigenvalue weighted by Gasteiger charge is 2.04. The predicted molar refractivity (Wildman–Crippen MR) is 59.4 cm³/mol. The standard InChI is InChI=1S/C12H15NO2/c1-3-10(2)13-12(14)15-9-11-7-5-4-6-8-11/h3-8,10H,1,9H2,2H3,(H,13,14)/t10-/m1/s1. The maximum absolute atomic E-state index is 11.2. The molecule has 1 aromatic carbocycles. The van der Waals surface area contributed by atoms with Crippen LogP contribution in [-0.4, -0.2) is 12.1 Å². The number of alkyl carbamates (subject to hydrolysis) is 1. The van der Waals surface area contributed by atoms with E-state index in [1.807, 2.05) is 37.3 Å². The molecule has 0 radical (unpaired) electrons. The van der Waals surface area contributed by atoms with Crippen LogP contribution < -0.4 is 5.32 Å². The van der Waals surface area contributed by atoms with Crippen LogP contribution in [-0.2, 0) is 11.3 Å². The van der Waals surface area contributed by atoms with Crippen LogP contribution in [0.5, 0.6) is 0 Å². The highest BCUT2D eigenvalue weighted by molar-refractivity contribution is 5.67. The third-order valence-electron chi connectivity index (χ3n) is 1.91. The number of amides is 1. The van der Waals surface area contributed by atoms with Crippen molar-refractivity contribution in [1.29, 1.82) is 0 Å². The summed E-state index contributed by atoms with van der Waals surface area (Å²) < 4.78 is 5.00. The normalized spacial score (nSPS) is 11.5. The molecule has 0 aliphatic carbocycles. The van der Waals surface area contributed by atoms with Crippen molar-refractivity contribution in [1.82, 2.24) is 5.32 Å². The third-order valence-corrected chi connectivity index (χ3v) is 1.91. The Kier molecular flexibility index (Phi) is 4.41. The van der Waals surface area contributed by atoms with Gasteiger partial charge in [-0.05, 0) is 12.5 Å². The summed E-state index contributed by atoms with van der Waals surface area (Å²) >= 11 is 0. The predicted octanol–water partition coefficient (Wildman–Crippen LogP) is 2.49. The number of ether oxygens (including phenoxy) is 1. The molecule has 1 rings (SSSR count). The molecule has 3 nitrogen and oxygen atoms in total. The molecular formula is C12H15NO2. The van der Waals surface area contributed by atoms with Gasteiger partial charge in [-0.15, -0.1) is 6.58 Å². The van der Waals surface area contributed by atoms with Crippen molar-refractivity contribution in [3.8, 4) is 0 Å². The van der Waals surface area contributed by atoms with Gasteiger partial charge < -0.3 is 10.1 Å². The molecule has 0 saturated heterocycles. The Bertz CT molecular complexity index is 322. The van der Waals surface area contributed by atoms with E-state index in [9.17, 15) is 4.79 Å². The largest absolute Gasteiger partial charge is 0.445 e. The second-order valence-corrected chi connectivity index (χ2v) is 3.23. The highest BCUT2D eigenvalue weighted by Crippen LogP contribution is 2.00. The number of carbonyl (C=O) groups excluding carboxylic acids is 1. The summed E-state index contributed by atoms with van der Waals surface area (Å²) in [4.78, 5) is 11.2. The van der Waals surface area contributed by atoms with Gasteiger partial charge in [-0.25, -0.2) is 4.79 Å². The average Bonchev–Trinajstić information content (AvgIpc) is 2.27. The Morgan fingerprint density at radius 2 is 2.20 bits per heavy atom. The summed E-state index contributed by atoms with van der Waals surface area (Å²) in [7, 11) is 0. The molecule has 0 spiro atoms. The molecule has 0 fully saturated rings. The zero-order valence-electron chi connectivity index (χ0n) is 8.77. The van der Waals surface area contributed by atoms with Crippen LogP contribution in [0.15, 0.2) is 43.0 Å². The molecule has 1 N–H and O–H groups in total. The lowest BCUT2D eigenvalue weighted by atomic mass is 10.2. The van der Waals surface area contributed by atoms with Gasteiger partial charge in [-0.2, -0.15) is 0 Å². The Morgan fingerprint density at radius 3 is 2.80 bits per heavy atom. The van der Waals surface area contributed by atoms with Gasteiger partial charge >= 0.3 is 6.09 Å². The minimum Gasteiger partial charge on any atom is -0.445 e. The first-order valence-electron chi connectivity index (χ1n) is 4.82. The molecule has 0 aromatic heterocycles. The molecule has 3 heteroatoms. The van der Waals surface area contributed by atoms with E-state index in [1.165, 1.54) is 0 Å². The second-order valence-electron chi connectivity index (χ2n) is 3.23. The van der Waals surface area contributed by atoms with Gasteiger partial charge in [0.2, 0.25) is 0 Å². The molecule has 80 valence electrons. The van der Waals surface area contributed by atoms with E-state index in [2.05, 4.69) is 11.9 Å². The van der Waals surface area contributed by atoms with Crippen molar-refractivity contribution in [3.05, 3.63) is 48.6 Å². The number of benzene rings is 1. The number of hydrogen-bond acceptors (Lipinski definition) is 2. The van der Waals surface area contributed by atoms with E-state index in [0.29, 0.717) is 0 Å². The second kappa shape index (κ2) is 5.86. The Morgan fingerprint density at radius 1 is 1.53 bits per heavy atom. The van der Waals surface area contributed by atoms with Crippen LogP contribution in [0.2, 0.25) is 0 Å². The SMILES string of the molecule is C=C[C@@H](C)NC(=O)OCc1ccccc1. The Balaban J connectivity index is 2.31. The fourth-order valence-corrected chi connectivity index (χ4v) is 1.01. The zero-order valence-corrected chi connectivity index (χ0v) is 8.77. The summed E-state index contributed by atoms with van der Waals surface area (Å²) in [6.45, 7) is 5.68. The van der Waals surface area contributed by atoms with Gasteiger partial charge in [0, 0.05) is 6.04 Å². The Labute approximate surface area is 89.8 Å². The van der Waals surface area contributed by atoms with Crippen LogP contribution in [0.1, 0.15) is 12.5 Å². The van der Waals surface area contributed by atoms with E-state index < -0.39 is 6.09 Å². The minimum absolute atomic E-state index is 0.0757. The molecule has 15 heavy (non-hydrogen) atoms. The van der Waals surface area contributed by atoms with E-state index in [4.69, 9.17) is 4.74 Å². The first-order chi connectivity index (χ1) is 7.22. The topological polar surface area (TPSA) is 38.3 Å². The number of carbonyl (C=O) groups is 1. The number of nitrogens with one attached hydrogen (secondary N) is 1. The molecule has 0 aliphatic rings. The lowest BCUT2D eigenvalue weighted by molar-refractivity contribution is 0.138. The van der Waals surface area contributed by atoms with E-state index in [0.717, 1.165) is 5.56 Å². The van der Waals surface area contributed by atoms with Crippen LogP contribution >= 0.6 is 0 Å². The molecule has 0 saturated carbocycles. The molecule has 0 bridgehead atoms. The van der Waals surface area contributed by atoms with E-state index in [-0.39, 0.29) is 12.6 Å². The van der Waals surface area contributed by atoms with Crippen molar-refractivity contribution in [2.24, 2.45) is 0 Å². The molecule has 1 aromatic rings. The third kappa shape index (κ3) is 4.31. The fourth-order valence-electron chi connectivity index (χ4n) is 1.01. The lowest BCUT2D eigenvalue weighted by Gasteiger charge is -2.09. The minimum atomic E-state index is -0.425. The van der Waals surface area contributed by atoms with Crippen LogP contribution in [0.25, 0.3) is 0 Å². The zero-order chi connectivity index (χ0) is 11.1. The van der Waals surface area contributed by atoms with Crippen molar-refractivity contribution in [3.63, 3.8) is 0 Å². The van der Waals surface area contributed by atoms with Crippen molar-refractivity contribution in [2.45, 2.75) is 19.6 Å². The molecule has 0 aliphatic heterocycles. The first kappa shape index (κ1) is 11.3. The molecule has 0 heterocycles. The maximum atomic E-state index is 11.2. The van der Waals surface area contributed by atoms with Gasteiger partial charge in [0.15, 0.2) is 0 Å². The Hall–Kier alpha value is -1.77. The molecule has 1 amide bonds. The van der Waals surface area contributed by atoms with Crippen molar-refractivity contribution >= 4 is 6.09 Å². The monoisotopic (exact) mass is 205 g/mol. The quantitative estimate of drug-likeness (QED) is 0.767. The molecular weight excluding hydrogens is 190 g/mol. The van der Waals surface area contributed by atoms with Gasteiger partial charge in [-0.3, -0.25) is 0 Å². The summed E-state index contributed by atoms with van der Waals surface area (Å²) in [6, 6.07) is 9.47. The van der Waals surface area contributed by atoms with Gasteiger partial charge in [0.1, 0.15) is 6.61 Å². The fraction of sp³-hybridized carbons (Fsp3) is 0.250. The number of rotatable bonds is 4. The van der Waals surface area contributed by atoms with Crippen molar-refractivity contribution < 1.29 is 9.53 Å². The highest BCUT2D eigenvalue weighted by atomic mass is 16.5. The first-order valence-corrected chi connectivity index (χ1v) is 4.82. The van der Waals surface area contributed by atoms with Gasteiger partial charge in [0.25, 0.3) is 0 Å². The summed E-state index contributed by atoms with van der Waals surface area (Å²) in [5.41, 5.74) is 0.971. The van der Waals surface area contributed by atoms with Crippen molar-refractivity contribution in [2.75, 3.05) is 0 Å². The average molecular weight is 205 g/mol. The maximum Gasteiger partial charge on any atom is 0.407 e.